The van der Waals surface area contributed by atoms with Gasteiger partial charge in [0.15, 0.2) is 0 Å². The van der Waals surface area contributed by atoms with Crippen molar-refractivity contribution in [2.75, 3.05) is 0 Å². The minimum Gasteiger partial charge on any atom is -0.384 e. The molecule has 0 fully saturated rings. The summed E-state index contributed by atoms with van der Waals surface area (Å²) in [5.41, 5.74) is 16.6. The predicted octanol–water partition coefficient (Wildman–Crippen LogP) is 3.98. The molecule has 0 amide bonds. The lowest BCUT2D eigenvalue weighted by molar-refractivity contribution is 1.29. The van der Waals surface area contributed by atoms with Crippen molar-refractivity contribution in [2.24, 2.45) is 11.5 Å². The summed E-state index contributed by atoms with van der Waals surface area (Å²) in [6, 6.07) is 13.3. The van der Waals surface area contributed by atoms with Crippen LogP contribution in [0.3, 0.4) is 0 Å². The van der Waals surface area contributed by atoms with E-state index in [4.69, 9.17) is 22.3 Å². The van der Waals surface area contributed by atoms with E-state index in [-0.39, 0.29) is 36.5 Å². The fourth-order valence-corrected chi connectivity index (χ4v) is 2.84. The fraction of sp³-hybridized carbons (Fsp3) is 0.0526. The summed E-state index contributed by atoms with van der Waals surface area (Å²) in [5.74, 6) is 0.0970. The van der Waals surface area contributed by atoms with Gasteiger partial charge in [0.05, 0.1) is 5.69 Å². The quantitative estimate of drug-likeness (QED) is 0.258. The maximum atomic E-state index is 7.60. The van der Waals surface area contributed by atoms with Crippen LogP contribution in [0, 0.1) is 10.8 Å². The number of nitrogen functional groups attached to an aromatic ring is 2. The minimum atomic E-state index is 0. The highest BCUT2D eigenvalue weighted by Gasteiger charge is 2.13. The Kier molecular flexibility index (Phi) is 7.01. The zero-order valence-electron chi connectivity index (χ0n) is 14.0. The maximum Gasteiger partial charge on any atom is 0.122 e. The normalized spacial score (nSPS) is 9.85. The summed E-state index contributed by atoms with van der Waals surface area (Å²) in [7, 11) is 0. The molecular weight excluding hydrogens is 369 g/mol. The number of H-pyrrole nitrogens is 1. The van der Waals surface area contributed by atoms with Gasteiger partial charge in [-0.3, -0.25) is 10.8 Å². The van der Waals surface area contributed by atoms with Crippen molar-refractivity contribution in [3.8, 4) is 11.3 Å². The van der Waals surface area contributed by atoms with Crippen LogP contribution < -0.4 is 11.5 Å². The first-order valence-corrected chi connectivity index (χ1v) is 7.56. The van der Waals surface area contributed by atoms with Gasteiger partial charge in [-0.25, -0.2) is 0 Å². The van der Waals surface area contributed by atoms with E-state index in [1.54, 1.807) is 0 Å². The monoisotopic (exact) mass is 389 g/mol. The van der Waals surface area contributed by atoms with Crippen molar-refractivity contribution in [3.05, 3.63) is 71.8 Å². The highest BCUT2D eigenvalue weighted by atomic mass is 35.5. The number of hydrogen-bond acceptors (Lipinski definition) is 2. The van der Waals surface area contributed by atoms with E-state index in [1.165, 1.54) is 0 Å². The molecule has 26 heavy (non-hydrogen) atoms. The van der Waals surface area contributed by atoms with Gasteiger partial charge in [0.2, 0.25) is 0 Å². The molecule has 0 bridgehead atoms. The summed E-state index contributed by atoms with van der Waals surface area (Å²) in [5, 5.41) is 16.2. The van der Waals surface area contributed by atoms with Crippen LogP contribution in [0.4, 0.5) is 0 Å². The van der Waals surface area contributed by atoms with Crippen LogP contribution in [0.2, 0.25) is 0 Å². The molecule has 0 aliphatic carbocycles. The van der Waals surface area contributed by atoms with Gasteiger partial charge in [-0.15, -0.1) is 31.4 Å². The average Bonchev–Trinajstić information content (AvgIpc) is 2.93. The number of halogens is 2. The lowest BCUT2D eigenvalue weighted by atomic mass is 10.0. The molecule has 0 aliphatic rings. The molecule has 136 valence electrons. The van der Waals surface area contributed by atoms with Crippen LogP contribution in [-0.4, -0.2) is 16.7 Å². The molecule has 1 aromatic heterocycles. The van der Waals surface area contributed by atoms with Crippen molar-refractivity contribution in [2.45, 2.75) is 6.42 Å². The van der Waals surface area contributed by atoms with Gasteiger partial charge in [-0.05, 0) is 23.6 Å². The zero-order chi connectivity index (χ0) is 17.3. The van der Waals surface area contributed by atoms with E-state index in [9.17, 15) is 0 Å². The SMILES string of the molecule is C=CCc1c(-c2ccc(C(=N)N)cc2)[nH]c2cc(C(=N)N)ccc12.Cl.Cl. The molecule has 7 heteroatoms. The number of rotatable bonds is 5. The third-order valence-corrected chi connectivity index (χ3v) is 4.05. The lowest BCUT2D eigenvalue weighted by Crippen LogP contribution is -2.10. The van der Waals surface area contributed by atoms with Gasteiger partial charge >= 0.3 is 0 Å². The molecule has 0 saturated carbocycles. The molecule has 3 aromatic rings. The third kappa shape index (κ3) is 3.90. The number of nitrogens with two attached hydrogens (primary N) is 2. The molecule has 2 aromatic carbocycles. The number of aromatic amines is 1. The molecule has 3 rings (SSSR count). The van der Waals surface area contributed by atoms with E-state index in [0.29, 0.717) is 11.1 Å². The molecule has 0 saturated heterocycles. The second-order valence-corrected chi connectivity index (χ2v) is 5.64. The Morgan fingerprint density at radius 2 is 1.54 bits per heavy atom. The molecule has 7 N–H and O–H groups in total. The molecular formula is C19H21Cl2N5. The standard InChI is InChI=1S/C19H19N5.2ClH/c1-2-3-15-14-9-8-13(19(22)23)10-16(14)24-17(15)11-4-6-12(7-5-11)18(20)21;;/h2,4-10,24H,1,3H2,(H3,20,21)(H3,22,23);2*1H. The van der Waals surface area contributed by atoms with E-state index in [0.717, 1.165) is 34.1 Å². The van der Waals surface area contributed by atoms with Crippen LogP contribution >= 0.6 is 24.8 Å². The van der Waals surface area contributed by atoms with Crippen molar-refractivity contribution in [1.82, 2.24) is 4.98 Å². The summed E-state index contributed by atoms with van der Waals surface area (Å²) >= 11 is 0. The molecule has 0 atom stereocenters. The van der Waals surface area contributed by atoms with E-state index in [2.05, 4.69) is 11.6 Å². The summed E-state index contributed by atoms with van der Waals surface area (Å²) in [4.78, 5) is 3.42. The Morgan fingerprint density at radius 3 is 2.08 bits per heavy atom. The smallest absolute Gasteiger partial charge is 0.122 e. The first-order chi connectivity index (χ1) is 11.5. The Labute approximate surface area is 164 Å². The Balaban J connectivity index is 0.00000169. The van der Waals surface area contributed by atoms with Gasteiger partial charge in [-0.2, -0.15) is 0 Å². The Bertz CT molecular complexity index is 958. The van der Waals surface area contributed by atoms with E-state index >= 15 is 0 Å². The second-order valence-electron chi connectivity index (χ2n) is 5.64. The van der Waals surface area contributed by atoms with Crippen molar-refractivity contribution < 1.29 is 0 Å². The predicted molar refractivity (Wildman–Crippen MR) is 114 cm³/mol. The highest BCUT2D eigenvalue weighted by molar-refractivity contribution is 6.01. The Hall–Kier alpha value is -2.76. The number of fused-ring (bicyclic) bond motifs is 1. The largest absolute Gasteiger partial charge is 0.384 e. The molecule has 0 radical (unpaired) electrons. The van der Waals surface area contributed by atoms with Gasteiger partial charge < -0.3 is 16.5 Å². The molecule has 5 nitrogen and oxygen atoms in total. The molecule has 0 aliphatic heterocycles. The van der Waals surface area contributed by atoms with Crippen LogP contribution in [0.15, 0.2) is 55.1 Å². The average molecular weight is 390 g/mol. The lowest BCUT2D eigenvalue weighted by Gasteiger charge is -2.04. The van der Waals surface area contributed by atoms with Crippen LogP contribution in [-0.2, 0) is 6.42 Å². The highest BCUT2D eigenvalue weighted by Crippen LogP contribution is 2.31. The maximum absolute atomic E-state index is 7.60. The van der Waals surface area contributed by atoms with Gasteiger partial charge in [0.25, 0.3) is 0 Å². The molecule has 0 spiro atoms. The first-order valence-electron chi connectivity index (χ1n) is 7.56. The second kappa shape index (κ2) is 8.56. The van der Waals surface area contributed by atoms with E-state index in [1.807, 2.05) is 48.5 Å². The number of aromatic nitrogens is 1. The summed E-state index contributed by atoms with van der Waals surface area (Å²) in [6.07, 6.45) is 2.60. The van der Waals surface area contributed by atoms with Crippen molar-refractivity contribution in [3.63, 3.8) is 0 Å². The van der Waals surface area contributed by atoms with Crippen LogP contribution in [0.5, 0.6) is 0 Å². The summed E-state index contributed by atoms with van der Waals surface area (Å²) < 4.78 is 0. The number of hydrogen-bond donors (Lipinski definition) is 5. The molecule has 1 heterocycles. The number of nitrogens with one attached hydrogen (secondary N) is 3. The topological polar surface area (TPSA) is 116 Å². The Morgan fingerprint density at radius 1 is 0.962 bits per heavy atom. The number of amidine groups is 2. The molecule has 0 unspecified atom stereocenters. The minimum absolute atomic E-state index is 0. The number of allylic oxidation sites excluding steroid dienone is 1. The van der Waals surface area contributed by atoms with Crippen molar-refractivity contribution in [1.29, 1.82) is 10.8 Å². The van der Waals surface area contributed by atoms with Gasteiger partial charge in [-0.1, -0.05) is 42.5 Å². The van der Waals surface area contributed by atoms with Crippen LogP contribution in [0.1, 0.15) is 16.7 Å². The third-order valence-electron chi connectivity index (χ3n) is 4.05. The first kappa shape index (κ1) is 21.3. The summed E-state index contributed by atoms with van der Waals surface area (Å²) in [6.45, 7) is 3.85. The fourth-order valence-electron chi connectivity index (χ4n) is 2.84. The number of benzene rings is 2. The zero-order valence-corrected chi connectivity index (χ0v) is 15.6. The van der Waals surface area contributed by atoms with Gasteiger partial charge in [0, 0.05) is 22.0 Å². The van der Waals surface area contributed by atoms with Gasteiger partial charge in [0.1, 0.15) is 11.7 Å². The van der Waals surface area contributed by atoms with Crippen LogP contribution in [0.25, 0.3) is 22.2 Å². The van der Waals surface area contributed by atoms with Crippen molar-refractivity contribution >= 4 is 47.4 Å². The van der Waals surface area contributed by atoms with E-state index < -0.39 is 0 Å².